The van der Waals surface area contributed by atoms with E-state index in [0.717, 1.165) is 32.5 Å². The molecule has 4 heterocycles. The van der Waals surface area contributed by atoms with Crippen molar-refractivity contribution in [2.45, 2.75) is 34.1 Å². The first-order valence-corrected chi connectivity index (χ1v) is 19.0. The summed E-state index contributed by atoms with van der Waals surface area (Å²) in [5.41, 5.74) is 0.893. The Bertz CT molecular complexity index is 2080. The predicted octanol–water partition coefficient (Wildman–Crippen LogP) is 4.59. The van der Waals surface area contributed by atoms with Crippen molar-refractivity contribution in [1.29, 1.82) is 0 Å². The minimum Gasteiger partial charge on any atom is -0.325 e. The van der Waals surface area contributed by atoms with Crippen molar-refractivity contribution >= 4 is 85.2 Å². The fourth-order valence-corrected chi connectivity index (χ4v) is 12.7. The van der Waals surface area contributed by atoms with Gasteiger partial charge in [-0.2, -0.15) is 0 Å². The summed E-state index contributed by atoms with van der Waals surface area (Å²) in [6.45, 7) is -0.231. The number of nitrogens with two attached hydrogens (primary N) is 1. The molecule has 2 saturated carbocycles. The number of fused-ring (bicyclic) bond motifs is 9. The zero-order valence-electron chi connectivity index (χ0n) is 23.7. The Balaban J connectivity index is 1.12. The lowest BCUT2D eigenvalue weighted by Gasteiger charge is -2.42. The van der Waals surface area contributed by atoms with E-state index in [1.54, 1.807) is 47.4 Å². The molecule has 2 aromatic carbocycles. The van der Waals surface area contributed by atoms with E-state index in [0.29, 0.717) is 16.4 Å². The van der Waals surface area contributed by atoms with Crippen LogP contribution in [0.25, 0.3) is 0 Å². The molecule has 0 spiro atoms. The highest BCUT2D eigenvalue weighted by Gasteiger charge is 2.70. The van der Waals surface area contributed by atoms with E-state index in [2.05, 4.69) is 11.4 Å². The van der Waals surface area contributed by atoms with Crippen LogP contribution in [0.1, 0.15) is 22.1 Å². The number of hydrogen-bond acceptors (Lipinski definition) is 9. The second-order valence-corrected chi connectivity index (χ2v) is 17.1. The van der Waals surface area contributed by atoms with Gasteiger partial charge < -0.3 is 5.32 Å². The minimum absolute atomic E-state index is 0.0122. The molecular formula is C31H25ClN4O6S4. The number of carbonyl (C=O) groups is 3. The Labute approximate surface area is 280 Å². The third-order valence-corrected chi connectivity index (χ3v) is 14.6. The predicted molar refractivity (Wildman–Crippen MR) is 177 cm³/mol. The number of imide groups is 1. The Morgan fingerprint density at radius 2 is 1.67 bits per heavy atom. The van der Waals surface area contributed by atoms with Crippen molar-refractivity contribution < 1.29 is 22.8 Å². The Kier molecular flexibility index (Phi) is 7.12. The first kappa shape index (κ1) is 30.1. The van der Waals surface area contributed by atoms with Gasteiger partial charge in [0, 0.05) is 31.6 Å². The number of nitrogens with zero attached hydrogens (tertiary/aromatic N) is 2. The van der Waals surface area contributed by atoms with Gasteiger partial charge in [-0.25, -0.2) is 13.6 Å². The molecule has 236 valence electrons. The molecule has 46 heavy (non-hydrogen) atoms. The molecule has 7 atom stereocenters. The molecule has 1 saturated heterocycles. The number of amides is 3. The van der Waals surface area contributed by atoms with Gasteiger partial charge in [0.1, 0.15) is 6.54 Å². The van der Waals surface area contributed by atoms with Gasteiger partial charge >= 0.3 is 4.87 Å². The fraction of sp³-hybridized carbons (Fsp3) is 0.290. The maximum absolute atomic E-state index is 13.9. The number of thiazole rings is 1. The number of sulfonamides is 1. The minimum atomic E-state index is -3.88. The number of benzene rings is 2. The van der Waals surface area contributed by atoms with Crippen molar-refractivity contribution in [3.8, 4) is 0 Å². The summed E-state index contributed by atoms with van der Waals surface area (Å²) in [7, 11) is -3.88. The third-order valence-electron chi connectivity index (χ3n) is 9.65. The highest BCUT2D eigenvalue weighted by molar-refractivity contribution is 8.00. The SMILES string of the molecule is NS(=O)(=O)c1ccc(NC(=O)Cn2c3c(sc2=O)C(c2cccs2)C2C4CC(C2S3)C2C(=O)N(c3ccc(Cl)cc3)C(=O)C42)cc1. The fourth-order valence-electron chi connectivity index (χ4n) is 7.96. The van der Waals surface area contributed by atoms with Crippen molar-refractivity contribution in [3.05, 3.63) is 90.5 Å². The first-order valence-electron chi connectivity index (χ1n) is 14.5. The average Bonchev–Trinajstić information content (AvgIpc) is 3.83. The number of hydrogen-bond donors (Lipinski definition) is 2. The Hall–Kier alpha value is -3.27. The largest absolute Gasteiger partial charge is 0.325 e. The smallest absolute Gasteiger partial charge is 0.308 e. The van der Waals surface area contributed by atoms with E-state index < -0.39 is 27.8 Å². The van der Waals surface area contributed by atoms with Crippen LogP contribution >= 0.6 is 46.0 Å². The summed E-state index contributed by atoms with van der Waals surface area (Å²) < 4.78 is 24.7. The van der Waals surface area contributed by atoms with Crippen LogP contribution in [0.5, 0.6) is 0 Å². The molecule has 7 unspecified atom stereocenters. The Morgan fingerprint density at radius 3 is 2.33 bits per heavy atom. The number of anilines is 2. The second-order valence-electron chi connectivity index (χ2n) is 12.0. The van der Waals surface area contributed by atoms with Crippen LogP contribution < -0.4 is 20.2 Å². The van der Waals surface area contributed by atoms with Crippen LogP contribution in [0.2, 0.25) is 5.02 Å². The maximum Gasteiger partial charge on any atom is 0.308 e. The molecule has 0 radical (unpaired) electrons. The van der Waals surface area contributed by atoms with Crippen molar-refractivity contribution in [3.63, 3.8) is 0 Å². The Morgan fingerprint density at radius 1 is 0.978 bits per heavy atom. The number of nitrogens with one attached hydrogen (secondary N) is 1. The topological polar surface area (TPSA) is 149 Å². The number of aromatic nitrogens is 1. The van der Waals surface area contributed by atoms with E-state index in [9.17, 15) is 27.6 Å². The van der Waals surface area contributed by atoms with E-state index in [-0.39, 0.29) is 57.0 Å². The summed E-state index contributed by atoms with van der Waals surface area (Å²) in [5.74, 6) is -1.77. The zero-order valence-corrected chi connectivity index (χ0v) is 27.8. The molecule has 3 amide bonds. The van der Waals surface area contributed by atoms with Crippen LogP contribution in [0.3, 0.4) is 0 Å². The van der Waals surface area contributed by atoms with Gasteiger partial charge in [-0.05, 0) is 84.2 Å². The monoisotopic (exact) mass is 712 g/mol. The number of rotatable bonds is 6. The van der Waals surface area contributed by atoms with Crippen molar-refractivity contribution in [2.75, 3.05) is 10.2 Å². The van der Waals surface area contributed by atoms with Crippen molar-refractivity contribution in [2.24, 2.45) is 34.7 Å². The molecule has 2 aliphatic carbocycles. The molecule has 4 aromatic rings. The molecule has 2 aliphatic heterocycles. The van der Waals surface area contributed by atoms with E-state index in [1.165, 1.54) is 33.7 Å². The summed E-state index contributed by atoms with van der Waals surface area (Å²) in [6, 6.07) is 16.3. The van der Waals surface area contributed by atoms with Crippen LogP contribution in [0.4, 0.5) is 11.4 Å². The lowest BCUT2D eigenvalue weighted by atomic mass is 9.69. The zero-order chi connectivity index (χ0) is 32.1. The first-order chi connectivity index (χ1) is 22.0. The van der Waals surface area contributed by atoms with E-state index in [4.69, 9.17) is 16.7 Å². The van der Waals surface area contributed by atoms with Gasteiger partial charge in [0.25, 0.3) is 0 Å². The highest BCUT2D eigenvalue weighted by Crippen LogP contribution is 2.69. The molecule has 15 heteroatoms. The lowest BCUT2D eigenvalue weighted by Crippen LogP contribution is -2.43. The van der Waals surface area contributed by atoms with Crippen LogP contribution in [-0.4, -0.2) is 36.0 Å². The molecule has 8 rings (SSSR count). The number of primary sulfonamides is 1. The summed E-state index contributed by atoms with van der Waals surface area (Å²) in [5, 5.41) is 11.1. The molecule has 3 N–H and O–H groups in total. The van der Waals surface area contributed by atoms with Gasteiger partial charge in [0.2, 0.25) is 27.7 Å². The van der Waals surface area contributed by atoms with Crippen LogP contribution in [-0.2, 0) is 31.0 Å². The van der Waals surface area contributed by atoms with E-state index in [1.807, 2.05) is 11.4 Å². The lowest BCUT2D eigenvalue weighted by molar-refractivity contribution is -0.123. The summed E-state index contributed by atoms with van der Waals surface area (Å²) in [4.78, 5) is 57.4. The number of thioether (sulfide) groups is 1. The van der Waals surface area contributed by atoms with Crippen molar-refractivity contribution in [1.82, 2.24) is 4.57 Å². The molecule has 2 bridgehead atoms. The number of halogens is 1. The maximum atomic E-state index is 13.9. The van der Waals surface area contributed by atoms with E-state index >= 15 is 0 Å². The normalized spacial score (nSPS) is 27.9. The number of carbonyl (C=O) groups excluding carboxylic acids is 3. The van der Waals surface area contributed by atoms with Gasteiger partial charge in [0.15, 0.2) is 0 Å². The molecule has 4 aliphatic rings. The average molecular weight is 713 g/mol. The molecule has 3 fully saturated rings. The van der Waals surface area contributed by atoms with Crippen LogP contribution in [0.15, 0.2) is 80.8 Å². The standard InChI is InChI=1S/C31H25ClN4O6S4/c32-14-3-7-16(8-4-14)36-28(38)23-18-12-19(24(23)29(36)39)26-22(18)25(20-2-1-11-43-20)27-30(44-26)35(31(40)45-27)13-21(37)34-15-5-9-17(10-6-15)46(33,41)42/h1-11,18-19,22-26H,12-13H2,(H,34,37)(H2,33,41,42). The van der Waals surface area contributed by atoms with Gasteiger partial charge in [-0.3, -0.25) is 28.6 Å². The van der Waals surface area contributed by atoms with Gasteiger partial charge in [-0.1, -0.05) is 29.0 Å². The number of thiophene rings is 1. The second kappa shape index (κ2) is 10.9. The third kappa shape index (κ3) is 4.64. The van der Waals surface area contributed by atoms with Crippen LogP contribution in [0, 0.1) is 29.6 Å². The summed E-state index contributed by atoms with van der Waals surface area (Å²) >= 11 is 10.4. The molecular weight excluding hydrogens is 688 g/mol. The van der Waals surface area contributed by atoms with Gasteiger partial charge in [0.05, 0.1) is 27.4 Å². The van der Waals surface area contributed by atoms with Gasteiger partial charge in [-0.15, -0.1) is 23.1 Å². The quantitative estimate of drug-likeness (QED) is 0.278. The molecule has 2 aromatic heterocycles. The molecule has 10 nitrogen and oxygen atoms in total. The summed E-state index contributed by atoms with van der Waals surface area (Å²) in [6.07, 6.45) is 0.764. The highest BCUT2D eigenvalue weighted by atomic mass is 35.5.